The van der Waals surface area contributed by atoms with Crippen molar-refractivity contribution in [2.24, 2.45) is 0 Å². The van der Waals surface area contributed by atoms with E-state index in [0.29, 0.717) is 12.1 Å². The van der Waals surface area contributed by atoms with Crippen molar-refractivity contribution in [2.45, 2.75) is 69.7 Å². The predicted molar refractivity (Wildman–Crippen MR) is 170 cm³/mol. The molecular weight excluding hydrogens is 564 g/mol. The Morgan fingerprint density at radius 2 is 1.51 bits per heavy atom. The van der Waals surface area contributed by atoms with E-state index in [0.717, 1.165) is 41.8 Å². The summed E-state index contributed by atoms with van der Waals surface area (Å²) in [6.07, 6.45) is 5.77. The Morgan fingerprint density at radius 1 is 0.907 bits per heavy atom. The fourth-order valence-corrected chi connectivity index (χ4v) is 6.44. The molecule has 0 aliphatic heterocycles. The quantitative estimate of drug-likeness (QED) is 0.234. The van der Waals surface area contributed by atoms with Gasteiger partial charge in [-0.05, 0) is 56.0 Å². The Labute approximate surface area is 254 Å². The summed E-state index contributed by atoms with van der Waals surface area (Å²) in [5, 5.41) is 20.5. The van der Waals surface area contributed by atoms with E-state index in [2.05, 4.69) is 16.0 Å². The predicted octanol–water partition coefficient (Wildman–Crippen LogP) is 3.91. The number of aliphatic hydroxyl groups is 1. The van der Waals surface area contributed by atoms with Gasteiger partial charge >= 0.3 is 0 Å². The Balaban J connectivity index is 1.52. The number of hydrogen-bond acceptors (Lipinski definition) is 6. The first kappa shape index (κ1) is 32.2. The van der Waals surface area contributed by atoms with Crippen molar-refractivity contribution in [1.29, 1.82) is 0 Å². The van der Waals surface area contributed by atoms with Gasteiger partial charge in [-0.15, -0.1) is 0 Å². The van der Waals surface area contributed by atoms with Gasteiger partial charge in [0.25, 0.3) is 5.91 Å². The van der Waals surface area contributed by atoms with Crippen LogP contribution in [0.3, 0.4) is 0 Å². The maximum absolute atomic E-state index is 13.8. The minimum Gasteiger partial charge on any atom is -0.390 e. The van der Waals surface area contributed by atoms with Gasteiger partial charge in [0.05, 0.1) is 41.4 Å². The van der Waals surface area contributed by atoms with Gasteiger partial charge in [-0.3, -0.25) is 9.59 Å². The Bertz CT molecular complexity index is 1450. The van der Waals surface area contributed by atoms with Crippen LogP contribution in [0.5, 0.6) is 0 Å². The molecule has 3 atom stereocenters. The molecule has 4 N–H and O–H groups in total. The number of rotatable bonds is 13. The third-order valence-corrected chi connectivity index (χ3v) is 8.82. The molecule has 2 amide bonds. The molecule has 0 aromatic heterocycles. The number of sulfonamides is 1. The van der Waals surface area contributed by atoms with Crippen LogP contribution in [0.15, 0.2) is 84.9 Å². The molecule has 1 saturated carbocycles. The van der Waals surface area contributed by atoms with E-state index in [1.54, 1.807) is 61.5 Å². The molecule has 1 aliphatic carbocycles. The fraction of sp³-hybridized carbons (Fsp3) is 0.394. The lowest BCUT2D eigenvalue weighted by molar-refractivity contribution is -0.123. The van der Waals surface area contributed by atoms with E-state index in [1.807, 2.05) is 30.3 Å². The molecule has 3 aromatic carbocycles. The Hall–Kier alpha value is -3.73. The molecule has 230 valence electrons. The smallest absolute Gasteiger partial charge is 0.253 e. The number of aliphatic hydroxyl groups excluding tert-OH is 1. The lowest BCUT2D eigenvalue weighted by Gasteiger charge is -2.28. The van der Waals surface area contributed by atoms with Crippen molar-refractivity contribution in [3.63, 3.8) is 0 Å². The summed E-state index contributed by atoms with van der Waals surface area (Å²) in [5.41, 5.74) is 1.66. The van der Waals surface area contributed by atoms with Gasteiger partial charge in [-0.25, -0.2) is 12.7 Å². The molecule has 43 heavy (non-hydrogen) atoms. The molecule has 0 unspecified atom stereocenters. The number of anilines is 2. The van der Waals surface area contributed by atoms with Crippen molar-refractivity contribution in [3.05, 3.63) is 96.1 Å². The molecule has 1 aliphatic rings. The summed E-state index contributed by atoms with van der Waals surface area (Å²) in [6, 6.07) is 23.5. The number of nitrogens with zero attached hydrogens (tertiary/aromatic N) is 1. The van der Waals surface area contributed by atoms with Crippen LogP contribution in [0.1, 0.15) is 54.9 Å². The molecular formula is C33H42N4O5S. The van der Waals surface area contributed by atoms with Crippen LogP contribution in [0.2, 0.25) is 0 Å². The summed E-state index contributed by atoms with van der Waals surface area (Å²) in [5.74, 6) is -0.637. The second-order valence-electron chi connectivity index (χ2n) is 11.2. The highest BCUT2D eigenvalue weighted by molar-refractivity contribution is 7.92. The molecule has 9 nitrogen and oxygen atoms in total. The third kappa shape index (κ3) is 9.13. The van der Waals surface area contributed by atoms with Crippen molar-refractivity contribution in [2.75, 3.05) is 17.1 Å². The number of carbonyl (C=O) groups is 2. The van der Waals surface area contributed by atoms with Crippen LogP contribution in [-0.2, 0) is 21.2 Å². The van der Waals surface area contributed by atoms with E-state index in [9.17, 15) is 23.1 Å². The molecule has 0 spiro atoms. The summed E-state index contributed by atoms with van der Waals surface area (Å²) in [6.45, 7) is 1.83. The highest BCUT2D eigenvalue weighted by Crippen LogP contribution is 2.31. The van der Waals surface area contributed by atoms with Gasteiger partial charge in [0.15, 0.2) is 0 Å². The third-order valence-electron chi connectivity index (χ3n) is 7.75. The summed E-state index contributed by atoms with van der Waals surface area (Å²) in [7, 11) is -3.80. The van der Waals surface area contributed by atoms with E-state index in [1.165, 1.54) is 6.42 Å². The Morgan fingerprint density at radius 3 is 2.16 bits per heavy atom. The zero-order valence-corrected chi connectivity index (χ0v) is 25.6. The number of para-hydroxylation sites is 2. The number of nitrogens with one attached hydrogen (secondary N) is 3. The molecule has 0 saturated heterocycles. The molecule has 10 heteroatoms. The number of amides is 2. The molecule has 1 fully saturated rings. The first-order chi connectivity index (χ1) is 20.6. The molecule has 0 bridgehead atoms. The zero-order chi connectivity index (χ0) is 30.8. The summed E-state index contributed by atoms with van der Waals surface area (Å²) in [4.78, 5) is 26.5. The maximum Gasteiger partial charge on any atom is 0.253 e. The van der Waals surface area contributed by atoms with Gasteiger partial charge in [0, 0.05) is 12.6 Å². The van der Waals surface area contributed by atoms with E-state index >= 15 is 0 Å². The minimum absolute atomic E-state index is 0.0676. The molecule has 3 aromatic rings. The van der Waals surface area contributed by atoms with E-state index in [-0.39, 0.29) is 29.7 Å². The first-order valence-electron chi connectivity index (χ1n) is 14.8. The van der Waals surface area contributed by atoms with Crippen LogP contribution >= 0.6 is 0 Å². The maximum atomic E-state index is 13.8. The van der Waals surface area contributed by atoms with Crippen molar-refractivity contribution < 1.29 is 23.1 Å². The van der Waals surface area contributed by atoms with E-state index < -0.39 is 34.1 Å². The SMILES string of the molecule is C[C@H](NC[C@@H](O)[C@H](Cc1ccccc1)NC(=O)c1ccccc1N(c1ccccc1)S(C)(=O)=O)C(=O)NC1CCCCC1. The fourth-order valence-electron chi connectivity index (χ4n) is 5.42. The number of hydrogen-bond donors (Lipinski definition) is 4. The lowest BCUT2D eigenvalue weighted by atomic mass is 9.95. The Kier molecular flexibility index (Phi) is 11.3. The highest BCUT2D eigenvalue weighted by atomic mass is 32.2. The van der Waals surface area contributed by atoms with Crippen molar-refractivity contribution in [1.82, 2.24) is 16.0 Å². The van der Waals surface area contributed by atoms with Gasteiger partial charge in [0.1, 0.15) is 0 Å². The summed E-state index contributed by atoms with van der Waals surface area (Å²) < 4.78 is 27.0. The molecule has 0 heterocycles. The van der Waals surface area contributed by atoms with Crippen LogP contribution in [-0.4, -0.2) is 62.4 Å². The van der Waals surface area contributed by atoms with Crippen molar-refractivity contribution >= 4 is 33.2 Å². The van der Waals surface area contributed by atoms with Crippen LogP contribution < -0.4 is 20.3 Å². The average Bonchev–Trinajstić information content (AvgIpc) is 3.00. The van der Waals surface area contributed by atoms with Crippen molar-refractivity contribution in [3.8, 4) is 0 Å². The van der Waals surface area contributed by atoms with Crippen LogP contribution in [0.25, 0.3) is 0 Å². The average molecular weight is 607 g/mol. The van der Waals surface area contributed by atoms with Gasteiger partial charge in [0.2, 0.25) is 15.9 Å². The standard InChI is InChI=1S/C33H42N4O5S/c1-24(32(39)35-26-16-8-4-9-17-26)34-23-31(38)29(22-25-14-6-3-7-15-25)36-33(40)28-20-12-13-21-30(28)37(43(2,41)42)27-18-10-5-11-19-27/h3,5-7,10-15,18-21,24,26,29,31,34,38H,4,8-9,16-17,22-23H2,1-2H3,(H,35,39)(H,36,40)/t24-,29-,31+/m0/s1. The molecule has 4 rings (SSSR count). The second kappa shape index (κ2) is 15.1. The monoisotopic (exact) mass is 606 g/mol. The topological polar surface area (TPSA) is 128 Å². The van der Waals surface area contributed by atoms with Crippen LogP contribution in [0, 0.1) is 0 Å². The van der Waals surface area contributed by atoms with E-state index in [4.69, 9.17) is 0 Å². The number of benzene rings is 3. The van der Waals surface area contributed by atoms with Gasteiger partial charge < -0.3 is 21.1 Å². The normalized spacial score (nSPS) is 16.1. The highest BCUT2D eigenvalue weighted by Gasteiger charge is 2.28. The van der Waals surface area contributed by atoms with Crippen LogP contribution in [0.4, 0.5) is 11.4 Å². The van der Waals surface area contributed by atoms with Gasteiger partial charge in [-0.2, -0.15) is 0 Å². The van der Waals surface area contributed by atoms with Gasteiger partial charge in [-0.1, -0.05) is 79.9 Å². The summed E-state index contributed by atoms with van der Waals surface area (Å²) >= 11 is 0. The first-order valence-corrected chi connectivity index (χ1v) is 16.7. The zero-order valence-electron chi connectivity index (χ0n) is 24.8. The molecule has 0 radical (unpaired) electrons. The lowest BCUT2D eigenvalue weighted by Crippen LogP contribution is -2.53. The largest absolute Gasteiger partial charge is 0.390 e. The second-order valence-corrected chi connectivity index (χ2v) is 13.0. The minimum atomic E-state index is -3.80. The number of carbonyl (C=O) groups excluding carboxylic acids is 2.